The molecule has 0 aliphatic heterocycles. The molecule has 96 valence electrons. The number of halogens is 1. The first-order valence-electron chi connectivity index (χ1n) is 5.69. The summed E-state index contributed by atoms with van der Waals surface area (Å²) in [6.45, 7) is 2.75. The Kier molecular flexibility index (Phi) is 4.04. The maximum Gasteiger partial charge on any atom is 0.128 e. The average Bonchev–Trinajstić information content (AvgIpc) is 2.70. The van der Waals surface area contributed by atoms with E-state index in [0.717, 1.165) is 27.4 Å². The number of methoxy groups -OCH3 is 1. The summed E-state index contributed by atoms with van der Waals surface area (Å²) in [4.78, 5) is 7.78. The van der Waals surface area contributed by atoms with Crippen molar-refractivity contribution in [3.63, 3.8) is 0 Å². The van der Waals surface area contributed by atoms with Crippen LogP contribution in [0.2, 0.25) is 0 Å². The molecule has 0 fully saturated rings. The van der Waals surface area contributed by atoms with Crippen molar-refractivity contribution in [2.45, 2.75) is 13.5 Å². The zero-order valence-electron chi connectivity index (χ0n) is 10.7. The maximum atomic E-state index is 5.39. The van der Waals surface area contributed by atoms with Crippen molar-refractivity contribution >= 4 is 15.9 Å². The third-order valence-electron chi connectivity index (χ3n) is 2.66. The first-order chi connectivity index (χ1) is 8.65. The van der Waals surface area contributed by atoms with Gasteiger partial charge in [0.25, 0.3) is 0 Å². The molecule has 1 aromatic carbocycles. The molecule has 0 aliphatic rings. The minimum Gasteiger partial charge on any atom is -0.496 e. The molecule has 0 atom stereocenters. The number of nitrogens with one attached hydrogen (secondary N) is 2. The Morgan fingerprint density at radius 2 is 2.22 bits per heavy atom. The van der Waals surface area contributed by atoms with E-state index >= 15 is 0 Å². The number of aryl methyl sites for hydroxylation is 1. The average molecular weight is 310 g/mol. The molecule has 0 radical (unpaired) electrons. The number of aromatic nitrogens is 2. The van der Waals surface area contributed by atoms with Crippen LogP contribution >= 0.6 is 15.9 Å². The van der Waals surface area contributed by atoms with Crippen LogP contribution in [-0.4, -0.2) is 24.1 Å². The van der Waals surface area contributed by atoms with Gasteiger partial charge in [0.05, 0.1) is 13.7 Å². The van der Waals surface area contributed by atoms with E-state index in [9.17, 15) is 0 Å². The van der Waals surface area contributed by atoms with Crippen LogP contribution in [0.4, 0.5) is 0 Å². The lowest BCUT2D eigenvalue weighted by atomic mass is 10.1. The second-order valence-electron chi connectivity index (χ2n) is 4.08. The molecule has 0 unspecified atom stereocenters. The second-order valence-corrected chi connectivity index (χ2v) is 4.87. The van der Waals surface area contributed by atoms with Crippen LogP contribution in [0.25, 0.3) is 11.3 Å². The Bertz CT molecular complexity index is 551. The number of rotatable bonds is 4. The Morgan fingerprint density at radius 3 is 2.89 bits per heavy atom. The standard InChI is InChI=1S/C13H16BrN3O/c1-8-4-5-10(18-3)9(6-8)12-13(14)17-11(16-12)7-15-2/h4-6,15H,7H2,1-3H3,(H,16,17). The van der Waals surface area contributed by atoms with E-state index in [2.05, 4.69) is 44.2 Å². The fraction of sp³-hybridized carbons (Fsp3) is 0.308. The quantitative estimate of drug-likeness (QED) is 0.913. The van der Waals surface area contributed by atoms with Crippen molar-refractivity contribution in [2.24, 2.45) is 0 Å². The maximum absolute atomic E-state index is 5.39. The van der Waals surface area contributed by atoms with Gasteiger partial charge in [0.2, 0.25) is 0 Å². The van der Waals surface area contributed by atoms with Gasteiger partial charge in [-0.2, -0.15) is 0 Å². The van der Waals surface area contributed by atoms with Crippen molar-refractivity contribution in [2.75, 3.05) is 14.2 Å². The molecule has 2 rings (SSSR count). The third kappa shape index (κ3) is 2.57. The Hall–Kier alpha value is -1.33. The molecule has 0 saturated carbocycles. The van der Waals surface area contributed by atoms with Gasteiger partial charge in [0.1, 0.15) is 21.9 Å². The molecule has 1 heterocycles. The van der Waals surface area contributed by atoms with Gasteiger partial charge in [-0.25, -0.2) is 4.98 Å². The number of hydrogen-bond donors (Lipinski definition) is 2. The van der Waals surface area contributed by atoms with Crippen LogP contribution in [0.15, 0.2) is 22.8 Å². The van der Waals surface area contributed by atoms with Gasteiger partial charge in [-0.1, -0.05) is 11.6 Å². The summed E-state index contributed by atoms with van der Waals surface area (Å²) in [5.41, 5.74) is 3.04. The summed E-state index contributed by atoms with van der Waals surface area (Å²) < 4.78 is 6.26. The number of benzene rings is 1. The molecule has 5 heteroatoms. The summed E-state index contributed by atoms with van der Waals surface area (Å²) in [5.74, 6) is 1.71. The predicted octanol–water partition coefficient (Wildman–Crippen LogP) is 2.88. The van der Waals surface area contributed by atoms with Crippen LogP contribution in [0.5, 0.6) is 5.75 Å². The number of nitrogens with zero attached hydrogens (tertiary/aromatic N) is 1. The number of H-pyrrole nitrogens is 1. The van der Waals surface area contributed by atoms with E-state index in [1.165, 1.54) is 5.56 Å². The van der Waals surface area contributed by atoms with Crippen LogP contribution in [0, 0.1) is 6.92 Å². The van der Waals surface area contributed by atoms with Gasteiger partial charge in [-0.3, -0.25) is 0 Å². The zero-order chi connectivity index (χ0) is 13.1. The normalized spacial score (nSPS) is 10.7. The molecule has 2 aromatic rings. The number of hydrogen-bond acceptors (Lipinski definition) is 3. The van der Waals surface area contributed by atoms with Gasteiger partial charge >= 0.3 is 0 Å². The summed E-state index contributed by atoms with van der Waals surface area (Å²) in [6.07, 6.45) is 0. The highest BCUT2D eigenvalue weighted by molar-refractivity contribution is 9.10. The molecule has 2 N–H and O–H groups in total. The number of ether oxygens (including phenoxy) is 1. The second kappa shape index (κ2) is 5.54. The number of aromatic amines is 1. The van der Waals surface area contributed by atoms with Gasteiger partial charge in [0, 0.05) is 5.56 Å². The van der Waals surface area contributed by atoms with Gasteiger partial charge in [0.15, 0.2) is 0 Å². The van der Waals surface area contributed by atoms with E-state index in [4.69, 9.17) is 4.74 Å². The van der Waals surface area contributed by atoms with Crippen molar-refractivity contribution in [3.8, 4) is 17.0 Å². The fourth-order valence-corrected chi connectivity index (χ4v) is 2.37. The summed E-state index contributed by atoms with van der Waals surface area (Å²) in [5, 5.41) is 3.07. The van der Waals surface area contributed by atoms with E-state index in [-0.39, 0.29) is 0 Å². The Morgan fingerprint density at radius 1 is 1.44 bits per heavy atom. The molecule has 4 nitrogen and oxygen atoms in total. The van der Waals surface area contributed by atoms with Crippen LogP contribution in [0.3, 0.4) is 0 Å². The smallest absolute Gasteiger partial charge is 0.128 e. The lowest BCUT2D eigenvalue weighted by Gasteiger charge is -2.07. The molecule has 1 aromatic heterocycles. The van der Waals surface area contributed by atoms with Crippen LogP contribution in [-0.2, 0) is 6.54 Å². The highest BCUT2D eigenvalue weighted by Gasteiger charge is 2.14. The Labute approximate surface area is 115 Å². The highest BCUT2D eigenvalue weighted by atomic mass is 79.9. The summed E-state index contributed by atoms with van der Waals surface area (Å²) in [6, 6.07) is 6.06. The number of imidazole rings is 1. The van der Waals surface area contributed by atoms with Gasteiger partial charge in [-0.05, 0) is 42.0 Å². The molecule has 0 bridgehead atoms. The highest BCUT2D eigenvalue weighted by Crippen LogP contribution is 2.34. The molecule has 18 heavy (non-hydrogen) atoms. The van der Waals surface area contributed by atoms with Crippen molar-refractivity contribution in [1.29, 1.82) is 0 Å². The van der Waals surface area contributed by atoms with Crippen LogP contribution in [0.1, 0.15) is 11.4 Å². The fourth-order valence-electron chi connectivity index (χ4n) is 1.83. The van der Waals surface area contributed by atoms with Crippen molar-refractivity contribution in [3.05, 3.63) is 34.2 Å². The molecule has 0 saturated heterocycles. The van der Waals surface area contributed by atoms with Crippen molar-refractivity contribution < 1.29 is 4.74 Å². The van der Waals surface area contributed by atoms with Gasteiger partial charge in [-0.15, -0.1) is 0 Å². The van der Waals surface area contributed by atoms with E-state index < -0.39 is 0 Å². The van der Waals surface area contributed by atoms with Crippen LogP contribution < -0.4 is 10.1 Å². The third-order valence-corrected chi connectivity index (χ3v) is 3.24. The molecular formula is C13H16BrN3O. The summed E-state index contributed by atoms with van der Waals surface area (Å²) >= 11 is 3.51. The zero-order valence-corrected chi connectivity index (χ0v) is 12.3. The minimum atomic E-state index is 0.701. The van der Waals surface area contributed by atoms with E-state index in [1.54, 1.807) is 7.11 Å². The lowest BCUT2D eigenvalue weighted by molar-refractivity contribution is 0.416. The molecular weight excluding hydrogens is 294 g/mol. The van der Waals surface area contributed by atoms with E-state index in [1.807, 2.05) is 19.2 Å². The molecule has 0 spiro atoms. The molecule has 0 aliphatic carbocycles. The first-order valence-corrected chi connectivity index (χ1v) is 6.49. The SMILES string of the molecule is CNCc1nc(-c2cc(C)ccc2OC)c(Br)[nH]1. The van der Waals surface area contributed by atoms with Gasteiger partial charge < -0.3 is 15.0 Å². The van der Waals surface area contributed by atoms with E-state index in [0.29, 0.717) is 6.54 Å². The predicted molar refractivity (Wildman–Crippen MR) is 75.8 cm³/mol. The minimum absolute atomic E-state index is 0.701. The first kappa shape index (κ1) is 13.1. The topological polar surface area (TPSA) is 49.9 Å². The Balaban J connectivity index is 2.50. The monoisotopic (exact) mass is 309 g/mol. The summed E-state index contributed by atoms with van der Waals surface area (Å²) in [7, 11) is 3.56. The molecule has 0 amide bonds. The lowest BCUT2D eigenvalue weighted by Crippen LogP contribution is -2.06. The van der Waals surface area contributed by atoms with Crippen molar-refractivity contribution in [1.82, 2.24) is 15.3 Å². The largest absolute Gasteiger partial charge is 0.496 e.